The number of carbonyl (C=O) groups excluding carboxylic acids is 3. The molecule has 0 saturated carbocycles. The second-order valence-corrected chi connectivity index (χ2v) is 3.45. The number of hydrogen-bond donors (Lipinski definition) is 0. The third kappa shape index (κ3) is 3.71. The average Bonchev–Trinajstić information content (AvgIpc) is 2.57. The van der Waals surface area contributed by atoms with Crippen molar-refractivity contribution in [1.82, 2.24) is 5.06 Å². The van der Waals surface area contributed by atoms with Gasteiger partial charge in [0.15, 0.2) is 5.78 Å². The minimum atomic E-state index is -0.396. The predicted octanol–water partition coefficient (Wildman–Crippen LogP) is 0.0627. The van der Waals surface area contributed by atoms with Gasteiger partial charge in [0, 0.05) is 19.4 Å². The minimum absolute atomic E-state index is 0.0515. The summed E-state index contributed by atoms with van der Waals surface area (Å²) in [5.41, 5.74) is 0. The van der Waals surface area contributed by atoms with Gasteiger partial charge in [0.2, 0.25) is 0 Å². The molecule has 0 spiro atoms. The standard InChI is InChI=1S/C10H15NO5/c1-2-5-15-6-8(12)7-16-11-9(13)3-4-10(11)14/h2-7H2,1H3. The summed E-state index contributed by atoms with van der Waals surface area (Å²) < 4.78 is 5.00. The molecule has 0 atom stereocenters. The molecular formula is C10H15NO5. The summed E-state index contributed by atoms with van der Waals surface area (Å²) >= 11 is 0. The maximum Gasteiger partial charge on any atom is 0.254 e. The fourth-order valence-electron chi connectivity index (χ4n) is 1.21. The molecule has 1 heterocycles. The molecule has 0 aromatic rings. The lowest BCUT2D eigenvalue weighted by atomic mass is 10.4. The topological polar surface area (TPSA) is 72.9 Å². The van der Waals surface area contributed by atoms with Crippen LogP contribution in [0.5, 0.6) is 0 Å². The maximum absolute atomic E-state index is 11.2. The Labute approximate surface area is 93.4 Å². The van der Waals surface area contributed by atoms with Gasteiger partial charge in [-0.3, -0.25) is 19.2 Å². The molecule has 16 heavy (non-hydrogen) atoms. The predicted molar refractivity (Wildman–Crippen MR) is 53.2 cm³/mol. The van der Waals surface area contributed by atoms with Crippen LogP contribution in [0.3, 0.4) is 0 Å². The van der Waals surface area contributed by atoms with Crippen molar-refractivity contribution in [3.63, 3.8) is 0 Å². The summed E-state index contributed by atoms with van der Waals surface area (Å²) in [6.07, 6.45) is 1.13. The molecule has 1 saturated heterocycles. The van der Waals surface area contributed by atoms with Crippen LogP contribution in [0.25, 0.3) is 0 Å². The lowest BCUT2D eigenvalue weighted by molar-refractivity contribution is -0.188. The first-order chi connectivity index (χ1) is 7.65. The molecule has 0 bridgehead atoms. The molecule has 0 aromatic heterocycles. The second kappa shape index (κ2) is 6.34. The van der Waals surface area contributed by atoms with Gasteiger partial charge in [0.05, 0.1) is 0 Å². The second-order valence-electron chi connectivity index (χ2n) is 3.45. The van der Waals surface area contributed by atoms with Crippen LogP contribution in [0.1, 0.15) is 26.2 Å². The monoisotopic (exact) mass is 229 g/mol. The number of nitrogens with zero attached hydrogens (tertiary/aromatic N) is 1. The minimum Gasteiger partial charge on any atom is -0.374 e. The normalized spacial score (nSPS) is 15.9. The van der Waals surface area contributed by atoms with E-state index in [2.05, 4.69) is 0 Å². The molecule has 1 rings (SSSR count). The van der Waals surface area contributed by atoms with Gasteiger partial charge in [-0.1, -0.05) is 6.92 Å². The molecule has 0 N–H and O–H groups in total. The van der Waals surface area contributed by atoms with Crippen LogP contribution in [0.4, 0.5) is 0 Å². The van der Waals surface area contributed by atoms with Gasteiger partial charge in [-0.25, -0.2) is 0 Å². The quantitative estimate of drug-likeness (QED) is 0.456. The fourth-order valence-corrected chi connectivity index (χ4v) is 1.21. The average molecular weight is 229 g/mol. The Kier molecular flexibility index (Phi) is 5.07. The Morgan fingerprint density at radius 2 is 1.88 bits per heavy atom. The van der Waals surface area contributed by atoms with Gasteiger partial charge >= 0.3 is 0 Å². The summed E-state index contributed by atoms with van der Waals surface area (Å²) in [5.74, 6) is -1.08. The van der Waals surface area contributed by atoms with Crippen molar-refractivity contribution >= 4 is 17.6 Å². The molecule has 1 aliphatic heterocycles. The van der Waals surface area contributed by atoms with Crippen LogP contribution in [-0.2, 0) is 24.0 Å². The number of ether oxygens (including phenoxy) is 1. The summed E-state index contributed by atoms with van der Waals surface area (Å²) in [6.45, 7) is 2.08. The molecular weight excluding hydrogens is 214 g/mol. The van der Waals surface area contributed by atoms with Crippen molar-refractivity contribution in [2.45, 2.75) is 26.2 Å². The lowest BCUT2D eigenvalue weighted by Crippen LogP contribution is -2.32. The van der Waals surface area contributed by atoms with E-state index in [9.17, 15) is 14.4 Å². The van der Waals surface area contributed by atoms with E-state index in [1.807, 2.05) is 6.92 Å². The van der Waals surface area contributed by atoms with Crippen LogP contribution in [0.15, 0.2) is 0 Å². The SMILES string of the molecule is CCCOCC(=O)CON1C(=O)CCC1=O. The Bertz CT molecular complexity index is 273. The molecule has 90 valence electrons. The van der Waals surface area contributed by atoms with Crippen molar-refractivity contribution in [3.8, 4) is 0 Å². The van der Waals surface area contributed by atoms with Crippen LogP contribution in [-0.4, -0.2) is 42.5 Å². The summed E-state index contributed by atoms with van der Waals surface area (Å²) in [5, 5.41) is 0.664. The van der Waals surface area contributed by atoms with E-state index >= 15 is 0 Å². The zero-order chi connectivity index (χ0) is 12.0. The van der Waals surface area contributed by atoms with Crippen molar-refractivity contribution in [3.05, 3.63) is 0 Å². The first-order valence-corrected chi connectivity index (χ1v) is 5.23. The molecule has 2 amide bonds. The molecule has 6 nitrogen and oxygen atoms in total. The lowest BCUT2D eigenvalue weighted by Gasteiger charge is -2.12. The molecule has 0 aromatic carbocycles. The number of hydrogen-bond acceptors (Lipinski definition) is 5. The fraction of sp³-hybridized carbons (Fsp3) is 0.700. The van der Waals surface area contributed by atoms with E-state index in [0.29, 0.717) is 11.7 Å². The smallest absolute Gasteiger partial charge is 0.254 e. The van der Waals surface area contributed by atoms with E-state index in [0.717, 1.165) is 6.42 Å². The number of imide groups is 1. The third-order valence-corrected chi connectivity index (χ3v) is 1.97. The van der Waals surface area contributed by atoms with Gasteiger partial charge in [-0.15, -0.1) is 0 Å². The van der Waals surface area contributed by atoms with E-state index in [1.54, 1.807) is 0 Å². The van der Waals surface area contributed by atoms with Gasteiger partial charge in [0.1, 0.15) is 13.2 Å². The molecule has 0 unspecified atom stereocenters. The third-order valence-electron chi connectivity index (χ3n) is 1.97. The largest absolute Gasteiger partial charge is 0.374 e. The summed E-state index contributed by atoms with van der Waals surface area (Å²) in [6, 6.07) is 0. The first kappa shape index (κ1) is 12.8. The van der Waals surface area contributed by atoms with Crippen LogP contribution < -0.4 is 0 Å². The number of hydroxylamine groups is 2. The zero-order valence-corrected chi connectivity index (χ0v) is 9.23. The number of ketones is 1. The van der Waals surface area contributed by atoms with Crippen LogP contribution in [0.2, 0.25) is 0 Å². The highest BCUT2D eigenvalue weighted by Gasteiger charge is 2.30. The number of carbonyl (C=O) groups is 3. The van der Waals surface area contributed by atoms with Crippen molar-refractivity contribution in [1.29, 1.82) is 0 Å². The molecule has 0 radical (unpaired) electrons. The number of Topliss-reactive ketones (excluding diaryl/α,β-unsaturated/α-hetero) is 1. The van der Waals surface area contributed by atoms with E-state index in [4.69, 9.17) is 9.57 Å². The van der Waals surface area contributed by atoms with E-state index < -0.39 is 11.8 Å². The zero-order valence-electron chi connectivity index (χ0n) is 9.23. The summed E-state index contributed by atoms with van der Waals surface area (Å²) in [7, 11) is 0. The van der Waals surface area contributed by atoms with Crippen molar-refractivity contribution < 1.29 is 24.0 Å². The Hall–Kier alpha value is -1.27. The van der Waals surface area contributed by atoms with E-state index in [1.165, 1.54) is 0 Å². The highest BCUT2D eigenvalue weighted by molar-refractivity contribution is 6.00. The number of rotatable bonds is 7. The first-order valence-electron chi connectivity index (χ1n) is 5.23. The van der Waals surface area contributed by atoms with Crippen LogP contribution in [0, 0.1) is 0 Å². The molecule has 1 aliphatic rings. The Morgan fingerprint density at radius 1 is 1.25 bits per heavy atom. The van der Waals surface area contributed by atoms with E-state index in [-0.39, 0.29) is 31.8 Å². The Balaban J connectivity index is 2.21. The number of amides is 2. The van der Waals surface area contributed by atoms with Gasteiger partial charge < -0.3 is 4.74 Å². The van der Waals surface area contributed by atoms with Crippen LogP contribution >= 0.6 is 0 Å². The highest BCUT2D eigenvalue weighted by Crippen LogP contribution is 2.11. The van der Waals surface area contributed by atoms with Gasteiger partial charge in [-0.2, -0.15) is 5.06 Å². The summed E-state index contributed by atoms with van der Waals surface area (Å²) in [4.78, 5) is 38.2. The highest BCUT2D eigenvalue weighted by atomic mass is 16.7. The molecule has 1 fully saturated rings. The van der Waals surface area contributed by atoms with Crippen molar-refractivity contribution in [2.75, 3.05) is 19.8 Å². The van der Waals surface area contributed by atoms with Gasteiger partial charge in [-0.05, 0) is 6.42 Å². The maximum atomic E-state index is 11.2. The molecule has 6 heteroatoms. The molecule has 0 aliphatic carbocycles. The Morgan fingerprint density at radius 3 is 2.44 bits per heavy atom. The van der Waals surface area contributed by atoms with Gasteiger partial charge in [0.25, 0.3) is 11.8 Å². The van der Waals surface area contributed by atoms with Crippen molar-refractivity contribution in [2.24, 2.45) is 0 Å².